The number of nitrogens with two attached hydrogens (primary N) is 1. The van der Waals surface area contributed by atoms with Crippen LogP contribution in [0.2, 0.25) is 0 Å². The van der Waals surface area contributed by atoms with Crippen LogP contribution < -0.4 is 11.1 Å². The van der Waals surface area contributed by atoms with Crippen molar-refractivity contribution in [3.05, 3.63) is 65.2 Å². The molecule has 2 aliphatic heterocycles. The van der Waals surface area contributed by atoms with Crippen molar-refractivity contribution in [1.29, 1.82) is 0 Å². The summed E-state index contributed by atoms with van der Waals surface area (Å²) in [5.74, 6) is -0.947. The number of rotatable bonds is 3. The monoisotopic (exact) mass is 502 g/mol. The summed E-state index contributed by atoms with van der Waals surface area (Å²) in [5, 5.41) is 7.52. The molecule has 0 radical (unpaired) electrons. The number of likely N-dealkylation sites (tertiary alicyclic amines) is 1. The highest BCUT2D eigenvalue weighted by atomic mass is 19.4. The number of halogens is 4. The summed E-state index contributed by atoms with van der Waals surface area (Å²) < 4.78 is 55.4. The molecule has 3 aromatic rings. The number of fused-ring (bicyclic) bond motifs is 2. The number of urea groups is 1. The average Bonchev–Trinajstić information content (AvgIpc) is 3.50. The third-order valence-corrected chi connectivity index (χ3v) is 7.25. The van der Waals surface area contributed by atoms with Gasteiger partial charge in [-0.3, -0.25) is 4.68 Å². The summed E-state index contributed by atoms with van der Waals surface area (Å²) in [5.41, 5.74) is 5.50. The lowest BCUT2D eigenvalue weighted by atomic mass is 9.82. The predicted octanol–water partition coefficient (Wildman–Crippen LogP) is 4.68. The highest BCUT2D eigenvalue weighted by Gasteiger charge is 2.47. The van der Waals surface area contributed by atoms with Crippen LogP contribution in [0.5, 0.6) is 0 Å². The van der Waals surface area contributed by atoms with Crippen LogP contribution in [0, 0.1) is 5.82 Å². The van der Waals surface area contributed by atoms with Gasteiger partial charge in [0.2, 0.25) is 0 Å². The Morgan fingerprint density at radius 3 is 2.61 bits per heavy atom. The third kappa shape index (κ3) is 4.16. The van der Waals surface area contributed by atoms with Gasteiger partial charge in [0.15, 0.2) is 0 Å². The van der Waals surface area contributed by atoms with E-state index in [4.69, 9.17) is 5.73 Å². The van der Waals surface area contributed by atoms with E-state index in [2.05, 4.69) is 15.4 Å². The Morgan fingerprint density at radius 1 is 1.14 bits per heavy atom. The molecular weight excluding hydrogens is 476 g/mol. The predicted molar refractivity (Wildman–Crippen MR) is 125 cm³/mol. The van der Waals surface area contributed by atoms with Crippen LogP contribution in [0.3, 0.4) is 0 Å². The van der Waals surface area contributed by atoms with Crippen LogP contribution >= 0.6 is 0 Å². The molecule has 7 nitrogen and oxygen atoms in total. The third-order valence-electron chi connectivity index (χ3n) is 7.25. The maximum atomic E-state index is 13.7. The van der Waals surface area contributed by atoms with Crippen molar-refractivity contribution in [2.75, 3.05) is 18.8 Å². The molecule has 0 saturated carbocycles. The molecule has 36 heavy (non-hydrogen) atoms. The number of carbonyl (C=O) groups is 1. The van der Waals surface area contributed by atoms with Crippen LogP contribution in [0.1, 0.15) is 43.5 Å². The van der Waals surface area contributed by atoms with E-state index in [-0.39, 0.29) is 22.8 Å². The minimum absolute atomic E-state index is 0.234. The molecule has 11 heteroatoms. The molecule has 3 N–H and O–H groups in total. The van der Waals surface area contributed by atoms with Crippen molar-refractivity contribution in [3.63, 3.8) is 0 Å². The number of aryl methyl sites for hydroxylation is 1. The van der Waals surface area contributed by atoms with Crippen molar-refractivity contribution < 1.29 is 22.4 Å². The topological polar surface area (TPSA) is 89.1 Å². The lowest BCUT2D eigenvalue weighted by molar-refractivity contribution is -0.137. The van der Waals surface area contributed by atoms with Gasteiger partial charge in [0.05, 0.1) is 16.8 Å². The van der Waals surface area contributed by atoms with Gasteiger partial charge >= 0.3 is 12.2 Å². The SMILES string of the molecule is CC(C)(NC(=O)N1CC[C@@]2(CCn3nc(-c4cnc(N)c(C(F)(F)F)c4)cc32)C1)c1cccc(F)c1. The minimum Gasteiger partial charge on any atom is -0.383 e. The maximum Gasteiger partial charge on any atom is 0.419 e. The normalized spacial score (nSPS) is 19.7. The molecule has 2 aliphatic rings. The van der Waals surface area contributed by atoms with Gasteiger partial charge in [0, 0.05) is 42.5 Å². The zero-order chi connectivity index (χ0) is 25.9. The number of benzene rings is 1. The first-order chi connectivity index (χ1) is 16.9. The number of aromatic nitrogens is 3. The van der Waals surface area contributed by atoms with E-state index in [1.807, 2.05) is 13.8 Å². The van der Waals surface area contributed by atoms with Crippen molar-refractivity contribution in [3.8, 4) is 11.3 Å². The molecule has 0 unspecified atom stereocenters. The Labute approximate surface area is 205 Å². The van der Waals surface area contributed by atoms with Gasteiger partial charge in [-0.05, 0) is 56.5 Å². The highest BCUT2D eigenvalue weighted by Crippen LogP contribution is 2.44. The smallest absolute Gasteiger partial charge is 0.383 e. The first kappa shape index (κ1) is 24.1. The molecule has 1 aromatic carbocycles. The lowest BCUT2D eigenvalue weighted by Gasteiger charge is -2.30. The number of nitrogen functional groups attached to an aromatic ring is 1. The molecule has 0 aliphatic carbocycles. The molecule has 1 spiro atoms. The number of alkyl halides is 3. The average molecular weight is 503 g/mol. The van der Waals surface area contributed by atoms with Gasteiger partial charge in [-0.2, -0.15) is 18.3 Å². The summed E-state index contributed by atoms with van der Waals surface area (Å²) in [4.78, 5) is 18.6. The second-order valence-corrected chi connectivity index (χ2v) is 10.1. The second kappa shape index (κ2) is 8.21. The van der Waals surface area contributed by atoms with E-state index in [9.17, 15) is 22.4 Å². The Hall–Kier alpha value is -3.63. The summed E-state index contributed by atoms with van der Waals surface area (Å²) in [6.07, 6.45) is -1.84. The molecule has 2 aromatic heterocycles. The van der Waals surface area contributed by atoms with Crippen LogP contribution in [0.4, 0.5) is 28.2 Å². The number of nitrogens with zero attached hydrogens (tertiary/aromatic N) is 4. The fraction of sp³-hybridized carbons (Fsp3) is 0.400. The van der Waals surface area contributed by atoms with E-state index in [0.717, 1.165) is 18.2 Å². The Morgan fingerprint density at radius 2 is 1.89 bits per heavy atom. The van der Waals surface area contributed by atoms with E-state index in [1.54, 1.807) is 27.8 Å². The number of pyridine rings is 1. The van der Waals surface area contributed by atoms with E-state index >= 15 is 0 Å². The standard InChI is InChI=1S/C25H26F4N6O/c1-23(2,16-4-3-5-17(26)11-16)32-22(36)34-8-6-24(14-34)7-9-35-20(24)12-19(33-35)15-10-18(25(27,28)29)21(30)31-13-15/h3-5,10-13H,6-9,14H2,1-2H3,(H2,30,31)(H,32,36)/t24-/m1/s1. The van der Waals surface area contributed by atoms with E-state index in [0.29, 0.717) is 37.3 Å². The van der Waals surface area contributed by atoms with Gasteiger partial charge in [-0.25, -0.2) is 14.2 Å². The molecular formula is C25H26F4N6O. The largest absolute Gasteiger partial charge is 0.419 e. The summed E-state index contributed by atoms with van der Waals surface area (Å²) in [7, 11) is 0. The molecule has 1 saturated heterocycles. The highest BCUT2D eigenvalue weighted by molar-refractivity contribution is 5.76. The van der Waals surface area contributed by atoms with Gasteiger partial charge in [0.25, 0.3) is 0 Å². The molecule has 2 amide bonds. The lowest BCUT2D eigenvalue weighted by Crippen LogP contribution is -2.48. The van der Waals surface area contributed by atoms with Crippen molar-refractivity contribution in [2.45, 2.75) is 50.4 Å². The number of hydrogen-bond donors (Lipinski definition) is 2. The van der Waals surface area contributed by atoms with Crippen LogP contribution in [-0.4, -0.2) is 38.8 Å². The van der Waals surface area contributed by atoms with Crippen LogP contribution in [0.25, 0.3) is 11.3 Å². The van der Waals surface area contributed by atoms with Crippen molar-refractivity contribution in [2.24, 2.45) is 0 Å². The Kier molecular flexibility index (Phi) is 5.49. The van der Waals surface area contributed by atoms with Crippen LogP contribution in [-0.2, 0) is 23.7 Å². The fourth-order valence-electron chi connectivity index (χ4n) is 5.20. The number of amides is 2. The first-order valence-electron chi connectivity index (χ1n) is 11.6. The molecule has 190 valence electrons. The van der Waals surface area contributed by atoms with E-state index in [1.165, 1.54) is 18.3 Å². The number of hydrogen-bond acceptors (Lipinski definition) is 4. The van der Waals surface area contributed by atoms with Gasteiger partial charge < -0.3 is 16.0 Å². The Bertz CT molecular complexity index is 1330. The number of carbonyl (C=O) groups excluding carboxylic acids is 1. The molecule has 5 rings (SSSR count). The van der Waals surface area contributed by atoms with Gasteiger partial charge in [-0.15, -0.1) is 0 Å². The van der Waals surface area contributed by atoms with Gasteiger partial charge in [0.1, 0.15) is 11.6 Å². The van der Waals surface area contributed by atoms with Crippen molar-refractivity contribution >= 4 is 11.8 Å². The zero-order valence-corrected chi connectivity index (χ0v) is 19.9. The summed E-state index contributed by atoms with van der Waals surface area (Å²) in [6, 6.07) is 8.63. The van der Waals surface area contributed by atoms with Crippen molar-refractivity contribution in [1.82, 2.24) is 25.0 Å². The van der Waals surface area contributed by atoms with Gasteiger partial charge in [-0.1, -0.05) is 12.1 Å². The minimum atomic E-state index is -4.62. The van der Waals surface area contributed by atoms with E-state index < -0.39 is 23.1 Å². The molecule has 1 atom stereocenters. The molecule has 0 bridgehead atoms. The second-order valence-electron chi connectivity index (χ2n) is 10.1. The zero-order valence-electron chi connectivity index (χ0n) is 19.9. The van der Waals surface area contributed by atoms with Crippen LogP contribution in [0.15, 0.2) is 42.6 Å². The number of nitrogens with one attached hydrogen (secondary N) is 1. The first-order valence-corrected chi connectivity index (χ1v) is 11.6. The molecule has 1 fully saturated rings. The number of anilines is 1. The maximum absolute atomic E-state index is 13.7. The Balaban J connectivity index is 1.35. The quantitative estimate of drug-likeness (QED) is 0.509. The molecule has 4 heterocycles. The fourth-order valence-corrected chi connectivity index (χ4v) is 5.20. The summed E-state index contributed by atoms with van der Waals surface area (Å²) in [6.45, 7) is 5.22. The summed E-state index contributed by atoms with van der Waals surface area (Å²) >= 11 is 0.